The first-order chi connectivity index (χ1) is 20.9. The van der Waals surface area contributed by atoms with Crippen LogP contribution in [-0.4, -0.2) is 99.4 Å². The van der Waals surface area contributed by atoms with Gasteiger partial charge in [-0.3, -0.25) is 9.69 Å². The van der Waals surface area contributed by atoms with Crippen molar-refractivity contribution in [3.05, 3.63) is 53.2 Å². The molecule has 13 nitrogen and oxygen atoms in total. The van der Waals surface area contributed by atoms with Gasteiger partial charge in [-0.15, -0.1) is 0 Å². The maximum atomic E-state index is 15.0. The fraction of sp³-hybridized carbons (Fsp3) is 0.444. The number of nitrogens with one attached hydrogen (secondary N) is 1. The van der Waals surface area contributed by atoms with Gasteiger partial charge in [0.15, 0.2) is 6.10 Å². The van der Waals surface area contributed by atoms with E-state index in [9.17, 15) is 31.9 Å². The zero-order valence-electron chi connectivity index (χ0n) is 23.4. The molecule has 2 aromatic rings. The number of hydrogen-bond acceptors (Lipinski definition) is 10. The van der Waals surface area contributed by atoms with Crippen molar-refractivity contribution in [2.24, 2.45) is 5.73 Å². The minimum atomic E-state index is -3.98. The smallest absolute Gasteiger partial charge is 0.415 e. The number of hydrogen-bond donors (Lipinski definition) is 3. The minimum absolute atomic E-state index is 0.0254. The molecule has 1 aromatic heterocycles. The van der Waals surface area contributed by atoms with E-state index >= 15 is 0 Å². The molecular formula is C27H31ClF2N6O7S. The van der Waals surface area contributed by atoms with Crippen LogP contribution in [0.3, 0.4) is 0 Å². The highest BCUT2D eigenvalue weighted by atomic mass is 35.5. The van der Waals surface area contributed by atoms with Crippen molar-refractivity contribution in [1.82, 2.24) is 14.6 Å². The Balaban J connectivity index is 1.26. The van der Waals surface area contributed by atoms with Crippen LogP contribution in [0.1, 0.15) is 12.0 Å². The van der Waals surface area contributed by atoms with Gasteiger partial charge in [0, 0.05) is 50.4 Å². The lowest BCUT2D eigenvalue weighted by Crippen LogP contribution is -2.49. The molecule has 0 aliphatic carbocycles. The summed E-state index contributed by atoms with van der Waals surface area (Å²) in [4.78, 5) is 31.3. The number of amides is 2. The van der Waals surface area contributed by atoms with Crippen molar-refractivity contribution in [1.29, 1.82) is 0 Å². The van der Waals surface area contributed by atoms with Gasteiger partial charge in [-0.05, 0) is 43.3 Å². The molecule has 1 aromatic carbocycles. The summed E-state index contributed by atoms with van der Waals surface area (Å²) < 4.78 is 69.1. The van der Waals surface area contributed by atoms with E-state index in [4.69, 9.17) is 26.8 Å². The number of cyclic esters (lactones) is 1. The number of pyridine rings is 1. The summed E-state index contributed by atoms with van der Waals surface area (Å²) in [6.07, 6.45) is 0.340. The zero-order chi connectivity index (χ0) is 31.6. The van der Waals surface area contributed by atoms with Gasteiger partial charge >= 0.3 is 6.09 Å². The van der Waals surface area contributed by atoms with E-state index in [0.29, 0.717) is 24.7 Å². The maximum Gasteiger partial charge on any atom is 0.415 e. The lowest BCUT2D eigenvalue weighted by Gasteiger charge is -2.35. The number of aliphatic hydroxyl groups is 1. The van der Waals surface area contributed by atoms with Crippen LogP contribution in [0, 0.1) is 0 Å². The Labute approximate surface area is 257 Å². The van der Waals surface area contributed by atoms with E-state index in [1.165, 1.54) is 27.4 Å². The molecule has 3 aliphatic rings. The normalized spacial score (nSPS) is 20.7. The van der Waals surface area contributed by atoms with Gasteiger partial charge in [-0.25, -0.2) is 18.2 Å². The lowest BCUT2D eigenvalue weighted by molar-refractivity contribution is -0.116. The largest absolute Gasteiger partial charge is 0.489 e. The van der Waals surface area contributed by atoms with Gasteiger partial charge in [0.25, 0.3) is 5.92 Å². The quantitative estimate of drug-likeness (QED) is 0.193. The van der Waals surface area contributed by atoms with Crippen molar-refractivity contribution in [3.63, 3.8) is 0 Å². The molecule has 238 valence electrons. The number of ether oxygens (including phenoxy) is 2. The Bertz CT molecular complexity index is 1560. The van der Waals surface area contributed by atoms with Crippen LogP contribution >= 0.6 is 11.6 Å². The summed E-state index contributed by atoms with van der Waals surface area (Å²) in [5, 5.41) is 11.8. The van der Waals surface area contributed by atoms with E-state index in [2.05, 4.69) is 10.3 Å². The molecule has 0 spiro atoms. The topological polar surface area (TPSA) is 168 Å². The van der Waals surface area contributed by atoms with E-state index in [0.717, 1.165) is 18.2 Å². The first-order valence-electron chi connectivity index (χ1n) is 13.8. The lowest BCUT2D eigenvalue weighted by atomic mass is 10.1. The minimum Gasteiger partial charge on any atom is -0.489 e. The molecule has 4 N–H and O–H groups in total. The number of carbonyl (C=O) groups excluding carboxylic acids is 2. The van der Waals surface area contributed by atoms with Crippen LogP contribution < -0.4 is 25.6 Å². The molecule has 2 saturated heterocycles. The van der Waals surface area contributed by atoms with Crippen molar-refractivity contribution in [2.45, 2.75) is 29.4 Å². The second kappa shape index (κ2) is 12.8. The number of anilines is 2. The van der Waals surface area contributed by atoms with Gasteiger partial charge in [0.2, 0.25) is 15.9 Å². The second-order valence-electron chi connectivity index (χ2n) is 10.3. The Morgan fingerprint density at radius 2 is 1.98 bits per heavy atom. The van der Waals surface area contributed by atoms with Crippen molar-refractivity contribution in [3.8, 4) is 5.75 Å². The first-order valence-corrected chi connectivity index (χ1v) is 15.6. The third-order valence-corrected chi connectivity index (χ3v) is 9.57. The molecule has 44 heavy (non-hydrogen) atoms. The van der Waals surface area contributed by atoms with E-state index in [1.54, 1.807) is 4.90 Å². The Morgan fingerprint density at radius 1 is 1.23 bits per heavy atom. The molecule has 0 bridgehead atoms. The number of halogens is 3. The third kappa shape index (κ3) is 6.44. The number of sulfonamides is 1. The standard InChI is InChI=1S/C27H31ClF2N6O7S/c28-23-12-17(27(29,30)5-4-25(38)32-7-1-6-31)13-24(33-23)34-8-10-35(11-9-34)44(40,41)18-2-3-19-21(14-18)42-16-20-22(15-37)43-26(39)36(19)20/h2-5,12-14,20,22,37H,1,6-11,15-16,31H2,(H,32,38)/b5-4+/t20-,22+/m1/s1. The summed E-state index contributed by atoms with van der Waals surface area (Å²) in [6.45, 7) is 0.614. The molecule has 0 saturated carbocycles. The number of rotatable bonds is 10. The van der Waals surface area contributed by atoms with Gasteiger partial charge in [0.1, 0.15) is 29.4 Å². The van der Waals surface area contributed by atoms with Gasteiger partial charge < -0.3 is 30.5 Å². The Hall–Kier alpha value is -3.57. The summed E-state index contributed by atoms with van der Waals surface area (Å²) in [6, 6.07) is 5.80. The molecule has 3 aliphatic heterocycles. The summed E-state index contributed by atoms with van der Waals surface area (Å²) in [5.74, 6) is -3.88. The van der Waals surface area contributed by atoms with Crippen LogP contribution in [0.5, 0.6) is 5.75 Å². The highest BCUT2D eigenvalue weighted by Crippen LogP contribution is 2.40. The molecule has 2 amide bonds. The number of carbonyl (C=O) groups is 2. The number of aromatic nitrogens is 1. The number of alkyl halides is 2. The predicted molar refractivity (Wildman–Crippen MR) is 155 cm³/mol. The molecular weight excluding hydrogens is 626 g/mol. The maximum absolute atomic E-state index is 15.0. The SMILES string of the molecule is NCCCNC(=O)/C=C/C(F)(F)c1cc(Cl)nc(N2CCN(S(=O)(=O)c3ccc4c(c3)OC[C@@H]3[C@H](CO)OC(=O)N43)CC2)c1. The monoisotopic (exact) mass is 656 g/mol. The van der Waals surface area contributed by atoms with Crippen molar-refractivity contribution < 1.29 is 41.4 Å². The average molecular weight is 657 g/mol. The Morgan fingerprint density at radius 3 is 2.68 bits per heavy atom. The first kappa shape index (κ1) is 31.8. The van der Waals surface area contributed by atoms with E-state index in [-0.39, 0.29) is 67.6 Å². The van der Waals surface area contributed by atoms with Crippen LogP contribution in [0.2, 0.25) is 5.15 Å². The van der Waals surface area contributed by atoms with Crippen LogP contribution in [0.4, 0.5) is 25.1 Å². The average Bonchev–Trinajstić information content (AvgIpc) is 3.35. The van der Waals surface area contributed by atoms with Crippen molar-refractivity contribution in [2.75, 3.05) is 62.3 Å². The van der Waals surface area contributed by atoms with Gasteiger partial charge in [-0.1, -0.05) is 11.6 Å². The summed E-state index contributed by atoms with van der Waals surface area (Å²) >= 11 is 6.07. The molecule has 4 heterocycles. The van der Waals surface area contributed by atoms with Crippen LogP contribution in [-0.2, 0) is 25.5 Å². The fourth-order valence-corrected chi connectivity index (χ4v) is 6.76. The van der Waals surface area contributed by atoms with Gasteiger partial charge in [-0.2, -0.15) is 13.1 Å². The number of fused-ring (bicyclic) bond motifs is 3. The molecule has 0 unspecified atom stereocenters. The molecule has 2 fully saturated rings. The Kier molecular flexibility index (Phi) is 9.27. The van der Waals surface area contributed by atoms with E-state index in [1.807, 2.05) is 0 Å². The van der Waals surface area contributed by atoms with Crippen molar-refractivity contribution >= 4 is 45.1 Å². The summed E-state index contributed by atoms with van der Waals surface area (Å²) in [5.41, 5.74) is 5.22. The number of aliphatic hydroxyl groups excluding tert-OH is 1. The zero-order valence-corrected chi connectivity index (χ0v) is 24.9. The number of nitrogens with zero attached hydrogens (tertiary/aromatic N) is 4. The predicted octanol–water partition coefficient (Wildman–Crippen LogP) is 1.44. The molecule has 5 rings (SSSR count). The molecule has 2 atom stereocenters. The number of benzene rings is 1. The van der Waals surface area contributed by atoms with Crippen LogP contribution in [0.15, 0.2) is 47.4 Å². The number of nitrogens with two attached hydrogens (primary N) is 1. The highest BCUT2D eigenvalue weighted by Gasteiger charge is 2.46. The molecule has 17 heteroatoms. The highest BCUT2D eigenvalue weighted by molar-refractivity contribution is 7.89. The van der Waals surface area contributed by atoms with Gasteiger partial charge in [0.05, 0.1) is 17.2 Å². The van der Waals surface area contributed by atoms with Crippen LogP contribution in [0.25, 0.3) is 0 Å². The summed E-state index contributed by atoms with van der Waals surface area (Å²) in [7, 11) is -3.98. The number of piperazine rings is 1. The van der Waals surface area contributed by atoms with E-state index < -0.39 is 45.7 Å². The second-order valence-corrected chi connectivity index (χ2v) is 12.6. The molecule has 0 radical (unpaired) electrons. The fourth-order valence-electron chi connectivity index (χ4n) is 5.12. The third-order valence-electron chi connectivity index (χ3n) is 7.48. The number of allylic oxidation sites excluding steroid dienone is 1.